The standard InChI is InChI=1S/C16H18N2S/c1-10-4-6-14(9-11(10)2)18-15-7-5-13(16(17)19)8-12(15)3/h4-9,18H,1-3H3,(H2,17,19). The minimum atomic E-state index is 0.431. The zero-order valence-corrected chi connectivity index (χ0v) is 12.3. The summed E-state index contributed by atoms with van der Waals surface area (Å²) < 4.78 is 0. The Kier molecular flexibility index (Phi) is 3.86. The Bertz CT molecular complexity index is 633. The first-order chi connectivity index (χ1) is 8.97. The van der Waals surface area contributed by atoms with Gasteiger partial charge in [0.2, 0.25) is 0 Å². The van der Waals surface area contributed by atoms with E-state index in [4.69, 9.17) is 18.0 Å². The maximum atomic E-state index is 5.63. The number of nitrogens with two attached hydrogens (primary N) is 1. The lowest BCUT2D eigenvalue weighted by Crippen LogP contribution is -2.09. The van der Waals surface area contributed by atoms with Gasteiger partial charge in [0, 0.05) is 16.9 Å². The molecule has 3 N–H and O–H groups in total. The van der Waals surface area contributed by atoms with Crippen LogP contribution in [-0.4, -0.2) is 4.99 Å². The smallest absolute Gasteiger partial charge is 0.103 e. The van der Waals surface area contributed by atoms with Crippen molar-refractivity contribution in [2.24, 2.45) is 5.73 Å². The van der Waals surface area contributed by atoms with Gasteiger partial charge in [0.25, 0.3) is 0 Å². The number of rotatable bonds is 3. The summed E-state index contributed by atoms with van der Waals surface area (Å²) in [6.45, 7) is 6.27. The molecule has 0 heterocycles. The van der Waals surface area contributed by atoms with Gasteiger partial charge in [-0.15, -0.1) is 0 Å². The Morgan fingerprint density at radius 3 is 2.26 bits per heavy atom. The predicted octanol–water partition coefficient (Wildman–Crippen LogP) is 3.99. The Labute approximate surface area is 119 Å². The molecule has 0 spiro atoms. The number of anilines is 2. The summed E-state index contributed by atoms with van der Waals surface area (Å²) in [7, 11) is 0. The number of hydrogen-bond acceptors (Lipinski definition) is 2. The molecule has 2 nitrogen and oxygen atoms in total. The second kappa shape index (κ2) is 5.41. The summed E-state index contributed by atoms with van der Waals surface area (Å²) in [6.07, 6.45) is 0. The first kappa shape index (κ1) is 13.6. The molecular weight excluding hydrogens is 252 g/mol. The summed E-state index contributed by atoms with van der Waals surface area (Å²) in [6, 6.07) is 12.3. The first-order valence-corrected chi connectivity index (χ1v) is 6.63. The molecule has 0 unspecified atom stereocenters. The molecule has 2 rings (SSSR count). The van der Waals surface area contributed by atoms with E-state index >= 15 is 0 Å². The molecule has 0 saturated carbocycles. The van der Waals surface area contributed by atoms with Crippen LogP contribution in [0.3, 0.4) is 0 Å². The van der Waals surface area contributed by atoms with Crippen molar-refractivity contribution in [3.8, 4) is 0 Å². The zero-order chi connectivity index (χ0) is 14.0. The van der Waals surface area contributed by atoms with E-state index in [0.29, 0.717) is 4.99 Å². The number of thiocarbonyl (C=S) groups is 1. The van der Waals surface area contributed by atoms with Gasteiger partial charge in [-0.05, 0) is 67.8 Å². The monoisotopic (exact) mass is 270 g/mol. The van der Waals surface area contributed by atoms with Crippen molar-refractivity contribution in [1.82, 2.24) is 0 Å². The number of benzene rings is 2. The van der Waals surface area contributed by atoms with Crippen molar-refractivity contribution in [3.63, 3.8) is 0 Å². The predicted molar refractivity (Wildman–Crippen MR) is 86.3 cm³/mol. The van der Waals surface area contributed by atoms with Crippen LogP contribution in [0.1, 0.15) is 22.3 Å². The minimum absolute atomic E-state index is 0.431. The minimum Gasteiger partial charge on any atom is -0.389 e. The van der Waals surface area contributed by atoms with Crippen LogP contribution in [0.5, 0.6) is 0 Å². The Morgan fingerprint density at radius 2 is 1.68 bits per heavy atom. The highest BCUT2D eigenvalue weighted by Crippen LogP contribution is 2.23. The van der Waals surface area contributed by atoms with Crippen molar-refractivity contribution in [1.29, 1.82) is 0 Å². The SMILES string of the molecule is Cc1ccc(Nc2ccc(C(N)=S)cc2C)cc1C. The number of hydrogen-bond donors (Lipinski definition) is 2. The molecule has 0 aliphatic carbocycles. The summed E-state index contributed by atoms with van der Waals surface area (Å²) in [5.41, 5.74) is 12.4. The van der Waals surface area contributed by atoms with Crippen LogP contribution < -0.4 is 11.1 Å². The van der Waals surface area contributed by atoms with E-state index in [1.54, 1.807) is 0 Å². The van der Waals surface area contributed by atoms with Gasteiger partial charge in [0.05, 0.1) is 0 Å². The average molecular weight is 270 g/mol. The summed E-state index contributed by atoms with van der Waals surface area (Å²) in [5.74, 6) is 0. The molecule has 98 valence electrons. The molecule has 0 radical (unpaired) electrons. The molecule has 0 aromatic heterocycles. The second-order valence-corrected chi connectivity index (χ2v) is 5.26. The Hall–Kier alpha value is -1.87. The quantitative estimate of drug-likeness (QED) is 0.828. The van der Waals surface area contributed by atoms with E-state index in [1.165, 1.54) is 11.1 Å². The molecule has 0 atom stereocenters. The molecule has 2 aromatic carbocycles. The second-order valence-electron chi connectivity index (χ2n) is 4.82. The molecule has 0 bridgehead atoms. The van der Waals surface area contributed by atoms with E-state index in [1.807, 2.05) is 25.1 Å². The summed E-state index contributed by atoms with van der Waals surface area (Å²) in [4.78, 5) is 0.431. The molecule has 3 heteroatoms. The fourth-order valence-electron chi connectivity index (χ4n) is 1.93. The third-order valence-corrected chi connectivity index (χ3v) is 3.53. The van der Waals surface area contributed by atoms with Crippen molar-refractivity contribution in [2.75, 3.05) is 5.32 Å². The van der Waals surface area contributed by atoms with Gasteiger partial charge in [-0.2, -0.15) is 0 Å². The van der Waals surface area contributed by atoms with Crippen molar-refractivity contribution < 1.29 is 0 Å². The van der Waals surface area contributed by atoms with Crippen LogP contribution in [0.4, 0.5) is 11.4 Å². The third kappa shape index (κ3) is 3.12. The fourth-order valence-corrected chi connectivity index (χ4v) is 2.06. The van der Waals surface area contributed by atoms with Crippen LogP contribution in [0.2, 0.25) is 0 Å². The van der Waals surface area contributed by atoms with Gasteiger partial charge < -0.3 is 11.1 Å². The number of nitrogens with one attached hydrogen (secondary N) is 1. The van der Waals surface area contributed by atoms with Crippen LogP contribution in [-0.2, 0) is 0 Å². The molecule has 0 aliphatic heterocycles. The molecule has 0 fully saturated rings. The fraction of sp³-hybridized carbons (Fsp3) is 0.188. The summed E-state index contributed by atoms with van der Waals surface area (Å²) >= 11 is 4.98. The van der Waals surface area contributed by atoms with Crippen molar-refractivity contribution in [3.05, 3.63) is 58.7 Å². The maximum Gasteiger partial charge on any atom is 0.103 e. The van der Waals surface area contributed by atoms with Gasteiger partial charge in [-0.1, -0.05) is 18.3 Å². The summed E-state index contributed by atoms with van der Waals surface area (Å²) in [5, 5.41) is 3.42. The van der Waals surface area contributed by atoms with E-state index in [2.05, 4.69) is 37.4 Å². The molecule has 0 saturated heterocycles. The highest BCUT2D eigenvalue weighted by molar-refractivity contribution is 7.80. The highest BCUT2D eigenvalue weighted by Gasteiger charge is 2.03. The van der Waals surface area contributed by atoms with Crippen LogP contribution in [0.25, 0.3) is 0 Å². The molecule has 0 aliphatic rings. The first-order valence-electron chi connectivity index (χ1n) is 6.22. The third-order valence-electron chi connectivity index (χ3n) is 3.30. The van der Waals surface area contributed by atoms with Crippen LogP contribution in [0, 0.1) is 20.8 Å². The van der Waals surface area contributed by atoms with Crippen LogP contribution in [0.15, 0.2) is 36.4 Å². The van der Waals surface area contributed by atoms with Gasteiger partial charge >= 0.3 is 0 Å². The van der Waals surface area contributed by atoms with E-state index in [9.17, 15) is 0 Å². The molecule has 2 aromatic rings. The van der Waals surface area contributed by atoms with Gasteiger partial charge in [0.15, 0.2) is 0 Å². The van der Waals surface area contributed by atoms with Gasteiger partial charge in [-0.25, -0.2) is 0 Å². The van der Waals surface area contributed by atoms with Crippen LogP contribution >= 0.6 is 12.2 Å². The normalized spacial score (nSPS) is 10.3. The Balaban J connectivity index is 2.28. The van der Waals surface area contributed by atoms with Gasteiger partial charge in [-0.3, -0.25) is 0 Å². The molecule has 0 amide bonds. The van der Waals surface area contributed by atoms with Crippen molar-refractivity contribution >= 4 is 28.6 Å². The molecular formula is C16H18N2S. The number of aryl methyl sites for hydroxylation is 3. The zero-order valence-electron chi connectivity index (χ0n) is 11.4. The lowest BCUT2D eigenvalue weighted by molar-refractivity contribution is 1.33. The topological polar surface area (TPSA) is 38.0 Å². The maximum absolute atomic E-state index is 5.63. The lowest BCUT2D eigenvalue weighted by Gasteiger charge is -2.12. The van der Waals surface area contributed by atoms with E-state index in [-0.39, 0.29) is 0 Å². The van der Waals surface area contributed by atoms with Crippen molar-refractivity contribution in [2.45, 2.75) is 20.8 Å². The van der Waals surface area contributed by atoms with E-state index < -0.39 is 0 Å². The largest absolute Gasteiger partial charge is 0.389 e. The van der Waals surface area contributed by atoms with Gasteiger partial charge in [0.1, 0.15) is 4.99 Å². The highest BCUT2D eigenvalue weighted by atomic mass is 32.1. The molecule has 19 heavy (non-hydrogen) atoms. The Morgan fingerprint density at radius 1 is 0.947 bits per heavy atom. The van der Waals surface area contributed by atoms with E-state index in [0.717, 1.165) is 22.5 Å². The average Bonchev–Trinajstić information content (AvgIpc) is 2.36. The lowest BCUT2D eigenvalue weighted by atomic mass is 10.1.